The summed E-state index contributed by atoms with van der Waals surface area (Å²) < 4.78 is 21.8. The van der Waals surface area contributed by atoms with E-state index < -0.39 is 9.05 Å². The molecule has 0 saturated carbocycles. The summed E-state index contributed by atoms with van der Waals surface area (Å²) >= 11 is 0. The third-order valence-corrected chi connectivity index (χ3v) is 2.76. The van der Waals surface area contributed by atoms with Crippen molar-refractivity contribution >= 4 is 31.9 Å². The van der Waals surface area contributed by atoms with Crippen molar-refractivity contribution in [2.45, 2.75) is 4.90 Å². The van der Waals surface area contributed by atoms with Crippen molar-refractivity contribution in [1.82, 2.24) is 9.88 Å². The van der Waals surface area contributed by atoms with Crippen LogP contribution in [0.1, 0.15) is 0 Å². The highest BCUT2D eigenvalue weighted by Gasteiger charge is 2.09. The third kappa shape index (κ3) is 3.85. The second kappa shape index (κ2) is 4.59. The van der Waals surface area contributed by atoms with Gasteiger partial charge in [-0.25, -0.2) is 18.4 Å². The van der Waals surface area contributed by atoms with Gasteiger partial charge in [0.25, 0.3) is 9.05 Å². The smallest absolute Gasteiger partial charge is 0.262 e. The number of pyridine rings is 1. The Morgan fingerprint density at radius 2 is 2.13 bits per heavy atom. The fraction of sp³-hybridized carbons (Fsp3) is 0.250. The third-order valence-electron chi connectivity index (χ3n) is 1.42. The number of aromatic nitrogens is 1. The minimum atomic E-state index is -3.70. The van der Waals surface area contributed by atoms with Gasteiger partial charge in [0.15, 0.2) is 5.82 Å². The van der Waals surface area contributed by atoms with E-state index >= 15 is 0 Å². The molecule has 0 amide bonds. The molecular weight excluding hydrogens is 238 g/mol. The van der Waals surface area contributed by atoms with E-state index in [1.54, 1.807) is 11.2 Å². The van der Waals surface area contributed by atoms with E-state index in [4.69, 9.17) is 10.7 Å². The van der Waals surface area contributed by atoms with Crippen LogP contribution in [0, 0.1) is 0 Å². The Morgan fingerprint density at radius 1 is 1.47 bits per heavy atom. The summed E-state index contributed by atoms with van der Waals surface area (Å²) in [6.45, 7) is 0. The minimum absolute atomic E-state index is 0.0343. The van der Waals surface area contributed by atoms with Gasteiger partial charge in [-0.05, 0) is 12.1 Å². The van der Waals surface area contributed by atoms with Gasteiger partial charge in [-0.1, -0.05) is 0 Å². The molecule has 0 aliphatic rings. The topological polar surface area (TPSA) is 62.6 Å². The van der Waals surface area contributed by atoms with Crippen LogP contribution < -0.4 is 0 Å². The molecule has 0 bridgehead atoms. The molecule has 1 aromatic heterocycles. The van der Waals surface area contributed by atoms with Gasteiger partial charge in [-0.2, -0.15) is 0 Å². The van der Waals surface area contributed by atoms with Crippen LogP contribution in [0.25, 0.3) is 0 Å². The molecule has 5 nitrogen and oxygen atoms in total. The van der Waals surface area contributed by atoms with Gasteiger partial charge in [0.05, 0.1) is 6.34 Å². The monoisotopic (exact) mass is 247 g/mol. The Balaban J connectivity index is 2.91. The lowest BCUT2D eigenvalue weighted by atomic mass is 10.5. The molecule has 1 heterocycles. The lowest BCUT2D eigenvalue weighted by Crippen LogP contribution is -2.07. The molecule has 0 N–H and O–H groups in total. The number of hydrogen-bond acceptors (Lipinski definition) is 4. The molecule has 0 aliphatic carbocycles. The maximum Gasteiger partial charge on any atom is 0.262 e. The standard InChI is InChI=1S/C8H10ClN3O2S/c1-12(2)6-11-8-4-3-7(5-10-8)15(9,13)14/h3-6H,1-2H3/b11-6+. The molecule has 7 heteroatoms. The zero-order valence-electron chi connectivity index (χ0n) is 8.25. The molecule has 0 saturated heterocycles. The van der Waals surface area contributed by atoms with Crippen molar-refractivity contribution < 1.29 is 8.42 Å². The average molecular weight is 248 g/mol. The first-order valence-corrected chi connectivity index (χ1v) is 6.32. The Bertz CT molecular complexity index is 453. The summed E-state index contributed by atoms with van der Waals surface area (Å²) in [5, 5.41) is 0. The van der Waals surface area contributed by atoms with Crippen LogP contribution in [0.15, 0.2) is 28.2 Å². The number of nitrogens with zero attached hydrogens (tertiary/aromatic N) is 3. The van der Waals surface area contributed by atoms with Crippen molar-refractivity contribution in [2.75, 3.05) is 14.1 Å². The van der Waals surface area contributed by atoms with E-state index in [1.807, 2.05) is 14.1 Å². The van der Waals surface area contributed by atoms with Gasteiger partial charge >= 0.3 is 0 Å². The molecule has 0 aliphatic heterocycles. The normalized spacial score (nSPS) is 11.9. The Morgan fingerprint density at radius 3 is 2.53 bits per heavy atom. The van der Waals surface area contributed by atoms with Crippen molar-refractivity contribution in [3.8, 4) is 0 Å². The van der Waals surface area contributed by atoms with Gasteiger partial charge in [-0.3, -0.25) is 0 Å². The van der Waals surface area contributed by atoms with E-state index in [9.17, 15) is 8.42 Å². The number of rotatable bonds is 3. The quantitative estimate of drug-likeness (QED) is 0.458. The summed E-state index contributed by atoms with van der Waals surface area (Å²) in [6.07, 6.45) is 2.74. The molecule has 1 rings (SSSR count). The van der Waals surface area contributed by atoms with E-state index in [0.29, 0.717) is 5.82 Å². The number of halogens is 1. The molecule has 82 valence electrons. The van der Waals surface area contributed by atoms with Crippen molar-refractivity contribution in [1.29, 1.82) is 0 Å². The van der Waals surface area contributed by atoms with Gasteiger partial charge in [0.1, 0.15) is 4.90 Å². The van der Waals surface area contributed by atoms with Crippen LogP contribution in [-0.2, 0) is 9.05 Å². The van der Waals surface area contributed by atoms with Gasteiger partial charge in [0, 0.05) is 31.0 Å². The lowest BCUT2D eigenvalue weighted by molar-refractivity contribution is 0.609. The van der Waals surface area contributed by atoms with Crippen molar-refractivity contribution in [3.05, 3.63) is 18.3 Å². The zero-order valence-corrected chi connectivity index (χ0v) is 9.83. The number of aliphatic imine (C=N–C) groups is 1. The minimum Gasteiger partial charge on any atom is -0.369 e. The maximum atomic E-state index is 10.9. The first kappa shape index (κ1) is 11.9. The molecule has 0 unspecified atom stereocenters. The highest BCUT2D eigenvalue weighted by molar-refractivity contribution is 8.13. The Hall–Kier alpha value is -1.14. The second-order valence-electron chi connectivity index (χ2n) is 3.00. The molecular formula is C8H10ClN3O2S. The van der Waals surface area contributed by atoms with Crippen LogP contribution in [0.4, 0.5) is 5.82 Å². The Kier molecular flexibility index (Phi) is 3.65. The molecule has 0 aromatic carbocycles. The predicted octanol–water partition coefficient (Wildman–Crippen LogP) is 1.23. The maximum absolute atomic E-state index is 10.9. The van der Waals surface area contributed by atoms with Crippen molar-refractivity contribution in [2.24, 2.45) is 4.99 Å². The van der Waals surface area contributed by atoms with E-state index in [1.165, 1.54) is 18.3 Å². The lowest BCUT2D eigenvalue weighted by Gasteiger charge is -2.01. The predicted molar refractivity (Wildman–Crippen MR) is 59.1 cm³/mol. The highest BCUT2D eigenvalue weighted by atomic mass is 35.7. The molecule has 0 fully saturated rings. The molecule has 0 radical (unpaired) electrons. The van der Waals surface area contributed by atoms with Crippen LogP contribution in [0.2, 0.25) is 0 Å². The number of hydrogen-bond donors (Lipinski definition) is 0. The van der Waals surface area contributed by atoms with Gasteiger partial charge in [-0.15, -0.1) is 0 Å². The van der Waals surface area contributed by atoms with Gasteiger partial charge < -0.3 is 4.90 Å². The first-order valence-electron chi connectivity index (χ1n) is 4.01. The van der Waals surface area contributed by atoms with E-state index in [-0.39, 0.29) is 4.90 Å². The van der Waals surface area contributed by atoms with Crippen molar-refractivity contribution in [3.63, 3.8) is 0 Å². The first-order chi connectivity index (χ1) is 6.89. The summed E-state index contributed by atoms with van der Waals surface area (Å²) in [6, 6.07) is 2.84. The van der Waals surface area contributed by atoms with Crippen LogP contribution >= 0.6 is 10.7 Å². The average Bonchev–Trinajstić information content (AvgIpc) is 2.14. The zero-order chi connectivity index (χ0) is 11.5. The van der Waals surface area contributed by atoms with Crippen LogP contribution in [-0.4, -0.2) is 38.7 Å². The molecule has 15 heavy (non-hydrogen) atoms. The summed E-state index contributed by atoms with van der Waals surface area (Å²) in [4.78, 5) is 9.52. The van der Waals surface area contributed by atoms with Gasteiger partial charge in [0.2, 0.25) is 0 Å². The molecule has 1 aromatic rings. The summed E-state index contributed by atoms with van der Waals surface area (Å²) in [7, 11) is 5.06. The highest BCUT2D eigenvalue weighted by Crippen LogP contribution is 2.16. The molecule has 0 atom stereocenters. The molecule has 0 spiro atoms. The van der Waals surface area contributed by atoms with Crippen LogP contribution in [0.5, 0.6) is 0 Å². The fourth-order valence-electron chi connectivity index (χ4n) is 0.768. The summed E-state index contributed by atoms with van der Waals surface area (Å²) in [5.74, 6) is 0.424. The van der Waals surface area contributed by atoms with Crippen LogP contribution in [0.3, 0.4) is 0 Å². The largest absolute Gasteiger partial charge is 0.369 e. The summed E-state index contributed by atoms with van der Waals surface area (Å²) in [5.41, 5.74) is 0. The fourth-order valence-corrected chi connectivity index (χ4v) is 1.45. The van der Waals surface area contributed by atoms with E-state index in [2.05, 4.69) is 9.98 Å². The second-order valence-corrected chi connectivity index (χ2v) is 5.56. The van der Waals surface area contributed by atoms with E-state index in [0.717, 1.165) is 0 Å². The SMILES string of the molecule is CN(C)/C=N/c1ccc(S(=O)(=O)Cl)cn1. The Labute approximate surface area is 92.8 Å².